The minimum absolute atomic E-state index is 0.0339. The smallest absolute Gasteiger partial charge is 0.249 e. The van der Waals surface area contributed by atoms with E-state index in [0.29, 0.717) is 13.2 Å². The topological polar surface area (TPSA) is 47.6 Å². The third-order valence-electron chi connectivity index (χ3n) is 2.87. The number of nitrogens with one attached hydrogen (secondary N) is 1. The third kappa shape index (κ3) is 2.97. The predicted octanol–water partition coefficient (Wildman–Crippen LogP) is 1.49. The van der Waals surface area contributed by atoms with Crippen molar-refractivity contribution in [2.45, 2.75) is 25.5 Å². The van der Waals surface area contributed by atoms with Crippen LogP contribution in [-0.4, -0.2) is 25.7 Å². The average Bonchev–Trinajstić information content (AvgIpc) is 2.90. The fourth-order valence-electron chi connectivity index (χ4n) is 1.93. The number of ether oxygens (including phenoxy) is 2. The summed E-state index contributed by atoms with van der Waals surface area (Å²) in [5.74, 6) is 0.758. The summed E-state index contributed by atoms with van der Waals surface area (Å²) < 4.78 is 10.5. The average molecular weight is 235 g/mol. The summed E-state index contributed by atoms with van der Waals surface area (Å²) in [5.41, 5.74) is 0.973. The van der Waals surface area contributed by atoms with E-state index in [2.05, 4.69) is 5.32 Å². The summed E-state index contributed by atoms with van der Waals surface area (Å²) in [6, 6.07) is 7.66. The summed E-state index contributed by atoms with van der Waals surface area (Å²) in [7, 11) is 1.63. The molecule has 1 heterocycles. The Hall–Kier alpha value is -1.55. The molecule has 1 fully saturated rings. The third-order valence-corrected chi connectivity index (χ3v) is 2.87. The standard InChI is InChI=1S/C13H17NO3/c1-16-11-6-3-2-5-10(11)9-14-13(15)12-7-4-8-17-12/h2-3,5-6,12H,4,7-9H2,1H3,(H,14,15). The van der Waals surface area contributed by atoms with E-state index in [9.17, 15) is 4.79 Å². The van der Waals surface area contributed by atoms with Gasteiger partial charge < -0.3 is 14.8 Å². The number of amides is 1. The zero-order chi connectivity index (χ0) is 12.1. The lowest BCUT2D eigenvalue weighted by Crippen LogP contribution is -2.33. The van der Waals surface area contributed by atoms with Crippen molar-refractivity contribution >= 4 is 5.91 Å². The first-order chi connectivity index (χ1) is 8.31. The van der Waals surface area contributed by atoms with E-state index in [1.54, 1.807) is 7.11 Å². The predicted molar refractivity (Wildman–Crippen MR) is 63.8 cm³/mol. The van der Waals surface area contributed by atoms with Crippen molar-refractivity contribution in [1.82, 2.24) is 5.32 Å². The van der Waals surface area contributed by atoms with Crippen LogP contribution in [0.5, 0.6) is 5.75 Å². The van der Waals surface area contributed by atoms with Crippen molar-refractivity contribution in [3.63, 3.8) is 0 Å². The molecule has 1 aromatic rings. The first kappa shape index (κ1) is 11.9. The van der Waals surface area contributed by atoms with E-state index < -0.39 is 0 Å². The number of para-hydroxylation sites is 1. The molecular weight excluding hydrogens is 218 g/mol. The van der Waals surface area contributed by atoms with Gasteiger partial charge in [-0.1, -0.05) is 18.2 Å². The van der Waals surface area contributed by atoms with Gasteiger partial charge >= 0.3 is 0 Å². The number of rotatable bonds is 4. The molecule has 4 heteroatoms. The number of carbonyl (C=O) groups is 1. The van der Waals surface area contributed by atoms with Crippen LogP contribution in [0.25, 0.3) is 0 Å². The lowest BCUT2D eigenvalue weighted by molar-refractivity contribution is -0.130. The maximum atomic E-state index is 11.7. The molecule has 1 N–H and O–H groups in total. The van der Waals surface area contributed by atoms with Crippen molar-refractivity contribution in [2.24, 2.45) is 0 Å². The van der Waals surface area contributed by atoms with Crippen molar-refractivity contribution in [1.29, 1.82) is 0 Å². The molecule has 0 saturated carbocycles. The van der Waals surface area contributed by atoms with Crippen LogP contribution in [0.15, 0.2) is 24.3 Å². The molecule has 1 saturated heterocycles. The second-order valence-corrected chi connectivity index (χ2v) is 4.03. The van der Waals surface area contributed by atoms with Gasteiger partial charge in [-0.25, -0.2) is 0 Å². The molecule has 1 aromatic carbocycles. The molecule has 2 rings (SSSR count). The van der Waals surface area contributed by atoms with Crippen LogP contribution >= 0.6 is 0 Å². The number of hydrogen-bond donors (Lipinski definition) is 1. The van der Waals surface area contributed by atoms with E-state index in [1.807, 2.05) is 24.3 Å². The number of hydrogen-bond acceptors (Lipinski definition) is 3. The molecule has 0 aliphatic carbocycles. The monoisotopic (exact) mass is 235 g/mol. The Bertz CT molecular complexity index is 386. The maximum Gasteiger partial charge on any atom is 0.249 e. The Morgan fingerprint density at radius 2 is 2.35 bits per heavy atom. The van der Waals surface area contributed by atoms with Gasteiger partial charge in [-0.05, 0) is 18.9 Å². The molecule has 1 aliphatic heterocycles. The highest BCUT2D eigenvalue weighted by Gasteiger charge is 2.23. The van der Waals surface area contributed by atoms with Gasteiger partial charge in [-0.2, -0.15) is 0 Å². The SMILES string of the molecule is COc1ccccc1CNC(=O)C1CCCO1. The molecule has 1 amide bonds. The van der Waals surface area contributed by atoms with Crippen LogP contribution in [0.2, 0.25) is 0 Å². The molecule has 1 atom stereocenters. The highest BCUT2D eigenvalue weighted by Crippen LogP contribution is 2.17. The van der Waals surface area contributed by atoms with E-state index in [4.69, 9.17) is 9.47 Å². The zero-order valence-electron chi connectivity index (χ0n) is 9.94. The normalized spacial score (nSPS) is 19.0. The largest absolute Gasteiger partial charge is 0.496 e. The van der Waals surface area contributed by atoms with Crippen molar-refractivity contribution in [3.05, 3.63) is 29.8 Å². The quantitative estimate of drug-likeness (QED) is 0.860. The van der Waals surface area contributed by atoms with E-state index in [1.165, 1.54) is 0 Å². The molecule has 0 radical (unpaired) electrons. The molecule has 4 nitrogen and oxygen atoms in total. The first-order valence-corrected chi connectivity index (χ1v) is 5.82. The summed E-state index contributed by atoms with van der Waals surface area (Å²) in [4.78, 5) is 11.7. The fourth-order valence-corrected chi connectivity index (χ4v) is 1.93. The maximum absolute atomic E-state index is 11.7. The Balaban J connectivity index is 1.90. The second-order valence-electron chi connectivity index (χ2n) is 4.03. The molecule has 1 unspecified atom stereocenters. The van der Waals surface area contributed by atoms with Gasteiger partial charge in [0.05, 0.1) is 7.11 Å². The summed E-state index contributed by atoms with van der Waals surface area (Å²) in [5, 5.41) is 2.87. The van der Waals surface area contributed by atoms with Crippen molar-refractivity contribution in [2.75, 3.05) is 13.7 Å². The Labute approximate surface area is 101 Å². The Morgan fingerprint density at radius 1 is 1.53 bits per heavy atom. The van der Waals surface area contributed by atoms with Gasteiger partial charge in [0.25, 0.3) is 0 Å². The number of carbonyl (C=O) groups excluding carboxylic acids is 1. The van der Waals surface area contributed by atoms with E-state index in [-0.39, 0.29) is 12.0 Å². The van der Waals surface area contributed by atoms with Crippen LogP contribution < -0.4 is 10.1 Å². The zero-order valence-corrected chi connectivity index (χ0v) is 9.94. The Morgan fingerprint density at radius 3 is 3.06 bits per heavy atom. The summed E-state index contributed by atoms with van der Waals surface area (Å²) in [6.45, 7) is 1.16. The first-order valence-electron chi connectivity index (χ1n) is 5.82. The number of benzene rings is 1. The van der Waals surface area contributed by atoms with Crippen molar-refractivity contribution < 1.29 is 14.3 Å². The molecule has 17 heavy (non-hydrogen) atoms. The van der Waals surface area contributed by atoms with Crippen LogP contribution in [0.4, 0.5) is 0 Å². The van der Waals surface area contributed by atoms with Gasteiger partial charge in [0.2, 0.25) is 5.91 Å². The second kappa shape index (κ2) is 5.68. The van der Waals surface area contributed by atoms with Gasteiger partial charge in [0.15, 0.2) is 0 Å². The number of methoxy groups -OCH3 is 1. The lowest BCUT2D eigenvalue weighted by Gasteiger charge is -2.12. The molecule has 92 valence electrons. The van der Waals surface area contributed by atoms with Crippen LogP contribution in [0.3, 0.4) is 0 Å². The summed E-state index contributed by atoms with van der Waals surface area (Å²) >= 11 is 0. The lowest BCUT2D eigenvalue weighted by atomic mass is 10.2. The molecule has 0 bridgehead atoms. The van der Waals surface area contributed by atoms with Gasteiger partial charge in [0, 0.05) is 18.7 Å². The minimum Gasteiger partial charge on any atom is -0.496 e. The molecule has 0 aromatic heterocycles. The molecule has 0 spiro atoms. The van der Waals surface area contributed by atoms with Crippen LogP contribution in [-0.2, 0) is 16.1 Å². The minimum atomic E-state index is -0.273. The highest BCUT2D eigenvalue weighted by atomic mass is 16.5. The highest BCUT2D eigenvalue weighted by molar-refractivity contribution is 5.81. The van der Waals surface area contributed by atoms with Gasteiger partial charge in [0.1, 0.15) is 11.9 Å². The van der Waals surface area contributed by atoms with Crippen LogP contribution in [0, 0.1) is 0 Å². The van der Waals surface area contributed by atoms with Gasteiger partial charge in [-0.15, -0.1) is 0 Å². The van der Waals surface area contributed by atoms with Crippen molar-refractivity contribution in [3.8, 4) is 5.75 Å². The molecular formula is C13H17NO3. The Kier molecular flexibility index (Phi) is 3.98. The van der Waals surface area contributed by atoms with Gasteiger partial charge in [-0.3, -0.25) is 4.79 Å². The van der Waals surface area contributed by atoms with Crippen LogP contribution in [0.1, 0.15) is 18.4 Å². The molecule has 1 aliphatic rings. The fraction of sp³-hybridized carbons (Fsp3) is 0.462. The van der Waals surface area contributed by atoms with E-state index in [0.717, 1.165) is 24.2 Å². The van der Waals surface area contributed by atoms with E-state index >= 15 is 0 Å². The summed E-state index contributed by atoms with van der Waals surface area (Å²) in [6.07, 6.45) is 1.51.